The Hall–Kier alpha value is -1.78. The van der Waals surface area contributed by atoms with Crippen molar-refractivity contribution in [2.75, 3.05) is 12.0 Å². The van der Waals surface area contributed by atoms with Crippen molar-refractivity contribution in [3.05, 3.63) is 63.9 Å². The van der Waals surface area contributed by atoms with Crippen molar-refractivity contribution in [1.29, 1.82) is 0 Å². The molecule has 1 aromatic heterocycles. The molecule has 1 heterocycles. The summed E-state index contributed by atoms with van der Waals surface area (Å²) in [5, 5.41) is 2.84. The minimum absolute atomic E-state index is 0.598. The smallest absolute Gasteiger partial charge is 0.204 e. The number of nitrogens with one attached hydrogen (secondary N) is 1. The van der Waals surface area contributed by atoms with Gasteiger partial charge in [0, 0.05) is 22.2 Å². The Morgan fingerprint density at radius 3 is 2.61 bits per heavy atom. The van der Waals surface area contributed by atoms with Crippen molar-refractivity contribution in [3.63, 3.8) is 0 Å². The fraction of sp³-hybridized carbons (Fsp3) is 0.278. The van der Waals surface area contributed by atoms with Gasteiger partial charge in [0.25, 0.3) is 0 Å². The van der Waals surface area contributed by atoms with E-state index >= 15 is 0 Å². The van der Waals surface area contributed by atoms with Crippen LogP contribution in [0.2, 0.25) is 5.02 Å². The van der Waals surface area contributed by atoms with Crippen molar-refractivity contribution in [2.24, 2.45) is 4.99 Å². The maximum atomic E-state index is 5.99. The van der Waals surface area contributed by atoms with Crippen molar-refractivity contribution < 1.29 is 0 Å². The summed E-state index contributed by atoms with van der Waals surface area (Å²) in [6.07, 6.45) is 5.93. The average Bonchev–Trinajstić information content (AvgIpc) is 2.97. The lowest BCUT2D eigenvalue weighted by Gasteiger charge is -2.10. The van der Waals surface area contributed by atoms with E-state index in [1.54, 1.807) is 17.4 Å². The van der Waals surface area contributed by atoms with Crippen molar-refractivity contribution >= 4 is 22.9 Å². The van der Waals surface area contributed by atoms with E-state index in [0.717, 1.165) is 33.9 Å². The number of nitrogens with zero attached hydrogens (tertiary/aromatic N) is 2. The molecule has 5 heteroatoms. The molecule has 0 amide bonds. The molecule has 0 bridgehead atoms. The van der Waals surface area contributed by atoms with Gasteiger partial charge in [0.2, 0.25) is 4.80 Å². The van der Waals surface area contributed by atoms with Gasteiger partial charge in [-0.2, -0.15) is 0 Å². The molecule has 0 radical (unpaired) electrons. The van der Waals surface area contributed by atoms with Gasteiger partial charge in [-0.15, -0.1) is 17.9 Å². The van der Waals surface area contributed by atoms with Crippen LogP contribution < -0.4 is 10.2 Å². The maximum absolute atomic E-state index is 5.99. The summed E-state index contributed by atoms with van der Waals surface area (Å²) in [7, 11) is 0. The molecule has 0 saturated carbocycles. The van der Waals surface area contributed by atoms with Crippen LogP contribution >= 0.6 is 22.9 Å². The highest BCUT2D eigenvalue weighted by Crippen LogP contribution is 2.21. The summed E-state index contributed by atoms with van der Waals surface area (Å²) >= 11 is 7.60. The molecule has 1 N–H and O–H groups in total. The lowest BCUT2D eigenvalue weighted by atomic mass is 10.2. The molecule has 0 saturated heterocycles. The van der Waals surface area contributed by atoms with E-state index in [9.17, 15) is 0 Å². The van der Waals surface area contributed by atoms with Crippen LogP contribution in [0, 0.1) is 0 Å². The zero-order chi connectivity index (χ0) is 16.7. The molecule has 0 unspecified atom stereocenters. The Labute approximate surface area is 146 Å². The molecule has 0 fully saturated rings. The Kier molecular flexibility index (Phi) is 6.68. The van der Waals surface area contributed by atoms with E-state index in [-0.39, 0.29) is 0 Å². The van der Waals surface area contributed by atoms with Crippen LogP contribution in [-0.2, 0) is 0 Å². The first-order chi connectivity index (χ1) is 11.2. The van der Waals surface area contributed by atoms with Crippen LogP contribution in [0.4, 0.5) is 0 Å². The molecule has 0 aliphatic heterocycles. The highest BCUT2D eigenvalue weighted by Gasteiger charge is 2.07. The zero-order valence-corrected chi connectivity index (χ0v) is 15.1. The number of benzene rings is 1. The SMILES string of the molecule is C=CCN=c1scc(-c2ccc(Cl)cc2)n1NC=C(CC)CC. The highest BCUT2D eigenvalue weighted by molar-refractivity contribution is 7.07. The number of allylic oxidation sites excluding steroid dienone is 1. The molecule has 0 aliphatic carbocycles. The highest BCUT2D eigenvalue weighted by atomic mass is 35.5. The third kappa shape index (κ3) is 4.60. The number of rotatable bonds is 7. The monoisotopic (exact) mass is 347 g/mol. The molecule has 0 spiro atoms. The van der Waals surface area contributed by atoms with Gasteiger partial charge in [-0.1, -0.05) is 49.2 Å². The van der Waals surface area contributed by atoms with Crippen LogP contribution in [0.1, 0.15) is 26.7 Å². The first-order valence-electron chi connectivity index (χ1n) is 7.71. The fourth-order valence-electron chi connectivity index (χ4n) is 2.12. The molecule has 3 nitrogen and oxygen atoms in total. The van der Waals surface area contributed by atoms with E-state index in [1.165, 1.54) is 5.57 Å². The molecular formula is C18H22ClN3S. The van der Waals surface area contributed by atoms with E-state index in [4.69, 9.17) is 11.6 Å². The van der Waals surface area contributed by atoms with Gasteiger partial charge in [0.05, 0.1) is 12.2 Å². The zero-order valence-electron chi connectivity index (χ0n) is 13.6. The van der Waals surface area contributed by atoms with Crippen LogP contribution in [0.15, 0.2) is 59.1 Å². The van der Waals surface area contributed by atoms with Crippen molar-refractivity contribution in [2.45, 2.75) is 26.7 Å². The largest absolute Gasteiger partial charge is 0.299 e. The molecule has 2 rings (SSSR count). The quantitative estimate of drug-likeness (QED) is 0.685. The molecular weight excluding hydrogens is 326 g/mol. The lowest BCUT2D eigenvalue weighted by Crippen LogP contribution is -2.23. The van der Waals surface area contributed by atoms with Gasteiger partial charge >= 0.3 is 0 Å². The maximum Gasteiger partial charge on any atom is 0.204 e. The third-order valence-electron chi connectivity index (χ3n) is 3.51. The molecule has 23 heavy (non-hydrogen) atoms. The standard InChI is InChI=1S/C18H22ClN3S/c1-4-11-20-18-22(21-12-14(5-2)6-3)17(13-23-18)15-7-9-16(19)10-8-15/h4,7-10,12-13,21H,1,5-6,11H2,2-3H3. The predicted octanol–water partition coefficient (Wildman–Crippen LogP) is 5.20. The number of hydrogen-bond donors (Lipinski definition) is 1. The molecule has 2 aromatic rings. The van der Waals surface area contributed by atoms with Gasteiger partial charge in [-0.05, 0) is 25.0 Å². The fourth-order valence-corrected chi connectivity index (χ4v) is 3.11. The minimum atomic E-state index is 0.598. The van der Waals surface area contributed by atoms with Crippen molar-refractivity contribution in [1.82, 2.24) is 4.68 Å². The van der Waals surface area contributed by atoms with Crippen LogP contribution in [0.5, 0.6) is 0 Å². The molecule has 0 aliphatic rings. The second-order valence-electron chi connectivity index (χ2n) is 5.01. The summed E-state index contributed by atoms with van der Waals surface area (Å²) in [4.78, 5) is 5.48. The third-order valence-corrected chi connectivity index (χ3v) is 4.63. The van der Waals surface area contributed by atoms with E-state index in [1.807, 2.05) is 28.9 Å². The summed E-state index contributed by atoms with van der Waals surface area (Å²) in [6.45, 7) is 8.66. The topological polar surface area (TPSA) is 29.3 Å². The van der Waals surface area contributed by atoms with Gasteiger partial charge in [0.15, 0.2) is 0 Å². The number of halogens is 1. The van der Waals surface area contributed by atoms with Crippen LogP contribution in [-0.4, -0.2) is 11.2 Å². The summed E-state index contributed by atoms with van der Waals surface area (Å²) in [5.41, 5.74) is 6.92. The Morgan fingerprint density at radius 2 is 2.00 bits per heavy atom. The molecule has 122 valence electrons. The first kappa shape index (κ1) is 17.6. The Morgan fingerprint density at radius 1 is 1.30 bits per heavy atom. The van der Waals surface area contributed by atoms with E-state index in [2.05, 4.69) is 42.4 Å². The van der Waals surface area contributed by atoms with Gasteiger partial charge < -0.3 is 0 Å². The summed E-state index contributed by atoms with van der Waals surface area (Å²) in [5.74, 6) is 0. The number of hydrogen-bond acceptors (Lipinski definition) is 3. The molecule has 1 aromatic carbocycles. The molecule has 0 atom stereocenters. The Bertz CT molecular complexity index is 732. The summed E-state index contributed by atoms with van der Waals surface area (Å²) < 4.78 is 2.02. The van der Waals surface area contributed by atoms with Gasteiger partial charge in [-0.25, -0.2) is 4.68 Å². The first-order valence-corrected chi connectivity index (χ1v) is 8.97. The van der Waals surface area contributed by atoms with E-state index in [0.29, 0.717) is 6.54 Å². The number of aromatic nitrogens is 1. The van der Waals surface area contributed by atoms with Crippen LogP contribution in [0.25, 0.3) is 11.3 Å². The minimum Gasteiger partial charge on any atom is -0.299 e. The number of thiazole rings is 1. The van der Waals surface area contributed by atoms with Gasteiger partial charge in [-0.3, -0.25) is 10.4 Å². The second kappa shape index (κ2) is 8.75. The summed E-state index contributed by atoms with van der Waals surface area (Å²) in [6, 6.07) is 7.84. The predicted molar refractivity (Wildman–Crippen MR) is 101 cm³/mol. The van der Waals surface area contributed by atoms with Crippen LogP contribution in [0.3, 0.4) is 0 Å². The van der Waals surface area contributed by atoms with Crippen molar-refractivity contribution in [3.8, 4) is 11.3 Å². The average molecular weight is 348 g/mol. The lowest BCUT2D eigenvalue weighted by molar-refractivity contribution is 0.877. The normalized spacial score (nSPS) is 11.3. The van der Waals surface area contributed by atoms with E-state index < -0.39 is 0 Å². The van der Waals surface area contributed by atoms with Gasteiger partial charge in [0.1, 0.15) is 0 Å². The second-order valence-corrected chi connectivity index (χ2v) is 6.29. The Balaban J connectivity index is 2.46.